The van der Waals surface area contributed by atoms with Crippen molar-refractivity contribution in [1.29, 1.82) is 0 Å². The zero-order chi connectivity index (χ0) is 76.0. The second kappa shape index (κ2) is 75.9. The molecular weight excluding hydrogens is 1350 g/mol. The van der Waals surface area contributed by atoms with Gasteiger partial charge < -0.3 is 33.8 Å². The minimum Gasteiger partial charge on any atom is -0.462 e. The molecule has 0 aromatic carbocycles. The largest absolute Gasteiger partial charge is 0.472 e. The van der Waals surface area contributed by atoms with E-state index >= 15 is 0 Å². The molecule has 0 bridgehead atoms. The van der Waals surface area contributed by atoms with Gasteiger partial charge in [0.25, 0.3) is 0 Å². The van der Waals surface area contributed by atoms with E-state index in [-0.39, 0.29) is 25.7 Å². The molecule has 0 aliphatic rings. The quantitative estimate of drug-likeness (QED) is 0.0169. The molecule has 592 valence electrons. The summed E-state index contributed by atoms with van der Waals surface area (Å²) in [4.78, 5) is 72.9. The number of allylic oxidation sites excluding steroid dienone is 26. The molecule has 0 spiro atoms. The molecule has 17 nitrogen and oxygen atoms in total. The Morgan fingerprint density at radius 1 is 0.279 bits per heavy atom. The van der Waals surface area contributed by atoms with Crippen molar-refractivity contribution in [1.82, 2.24) is 0 Å². The van der Waals surface area contributed by atoms with Crippen LogP contribution in [-0.2, 0) is 65.4 Å². The summed E-state index contributed by atoms with van der Waals surface area (Å²) >= 11 is 0. The van der Waals surface area contributed by atoms with Crippen molar-refractivity contribution < 1.29 is 80.2 Å². The van der Waals surface area contributed by atoms with E-state index in [0.717, 1.165) is 161 Å². The van der Waals surface area contributed by atoms with Crippen molar-refractivity contribution in [2.75, 3.05) is 39.6 Å². The Kier molecular flexibility index (Phi) is 72.0. The number of carbonyl (C=O) groups is 4. The average molecular weight is 1500 g/mol. The van der Waals surface area contributed by atoms with Gasteiger partial charge >= 0.3 is 39.5 Å². The number of carbonyl (C=O) groups excluding carboxylic acids is 4. The molecule has 0 saturated carbocycles. The Balaban J connectivity index is 5.44. The number of ether oxygens (including phenoxy) is 4. The second-order valence-electron chi connectivity index (χ2n) is 25.9. The fraction of sp³-hybridized carbons (Fsp3) is 0.647. The molecule has 0 saturated heterocycles. The molecule has 3 N–H and O–H groups in total. The van der Waals surface area contributed by atoms with Crippen LogP contribution in [0.5, 0.6) is 0 Å². The average Bonchev–Trinajstić information content (AvgIpc) is 0.913. The number of phosphoric acid groups is 2. The fourth-order valence-corrected chi connectivity index (χ4v) is 11.6. The third-order valence-electron chi connectivity index (χ3n) is 16.0. The number of rotatable bonds is 73. The van der Waals surface area contributed by atoms with Gasteiger partial charge in [-0.2, -0.15) is 0 Å². The lowest BCUT2D eigenvalue weighted by Crippen LogP contribution is -2.30. The minimum absolute atomic E-state index is 0.0330. The first kappa shape index (κ1) is 98.7. The highest BCUT2D eigenvalue weighted by atomic mass is 31.2. The standard InChI is InChI=1S/C85H140O17P2/c1-5-9-13-17-21-25-29-33-35-37-39-41-43-47-49-53-57-61-65-69-82(87)95-75-80(101-84(89)71-67-63-59-55-51-45-31-27-23-19-15-11-7-3)77-99-103(91,92)97-73-79(86)74-98-104(93,94)100-78-81(102-85(90)72-68-64-60-56-52-46-32-28-24-20-16-12-8-4)76-96-83(88)70-66-62-58-54-50-48-44-42-40-38-36-34-30-26-22-18-14-10-6-2/h9-10,13-15,19,21-22,25-27,31,33-36,39-42,47-50,58,62,79-81,86H,5-8,11-12,16-18,20,23-24,28-30,32,37-38,43-46,51-57,59-61,63-78H2,1-4H3,(H,91,92)(H,93,94)/b13-9-,14-10-,19-15-,25-21-,26-22-,31-27-,35-33-,36-34-,41-39-,42-40-,49-47-,50-48-,62-58-. The van der Waals surface area contributed by atoms with Crippen molar-refractivity contribution in [3.05, 3.63) is 158 Å². The number of esters is 4. The predicted octanol–water partition coefficient (Wildman–Crippen LogP) is 23.2. The van der Waals surface area contributed by atoms with Gasteiger partial charge in [-0.1, -0.05) is 295 Å². The van der Waals surface area contributed by atoms with Gasteiger partial charge in [0.05, 0.1) is 26.4 Å². The van der Waals surface area contributed by atoms with Gasteiger partial charge in [-0.25, -0.2) is 9.13 Å². The molecular formula is C85H140O17P2. The van der Waals surface area contributed by atoms with Crippen molar-refractivity contribution in [2.45, 2.75) is 316 Å². The highest BCUT2D eigenvalue weighted by molar-refractivity contribution is 7.47. The summed E-state index contributed by atoms with van der Waals surface area (Å²) in [7, 11) is -10.00. The summed E-state index contributed by atoms with van der Waals surface area (Å²) in [6.07, 6.45) is 88.1. The van der Waals surface area contributed by atoms with Crippen LogP contribution >= 0.6 is 15.6 Å². The Morgan fingerprint density at radius 2 is 0.538 bits per heavy atom. The van der Waals surface area contributed by atoms with E-state index < -0.39 is 97.5 Å². The number of hydrogen-bond acceptors (Lipinski definition) is 15. The van der Waals surface area contributed by atoms with Gasteiger partial charge in [-0.15, -0.1) is 0 Å². The lowest BCUT2D eigenvalue weighted by Gasteiger charge is -2.21. The van der Waals surface area contributed by atoms with Gasteiger partial charge in [-0.05, 0) is 135 Å². The summed E-state index contributed by atoms with van der Waals surface area (Å²) < 4.78 is 68.5. The summed E-state index contributed by atoms with van der Waals surface area (Å²) in [5.41, 5.74) is 0. The van der Waals surface area contributed by atoms with E-state index in [4.69, 9.17) is 37.0 Å². The van der Waals surface area contributed by atoms with Crippen molar-refractivity contribution in [2.24, 2.45) is 0 Å². The van der Waals surface area contributed by atoms with Gasteiger partial charge in [0.1, 0.15) is 19.3 Å². The molecule has 0 aromatic heterocycles. The number of phosphoric ester groups is 2. The van der Waals surface area contributed by atoms with Gasteiger partial charge in [-0.3, -0.25) is 37.3 Å². The summed E-state index contributed by atoms with van der Waals surface area (Å²) in [6, 6.07) is 0. The van der Waals surface area contributed by atoms with Gasteiger partial charge in [0.2, 0.25) is 0 Å². The maximum atomic E-state index is 13.1. The highest BCUT2D eigenvalue weighted by Crippen LogP contribution is 2.45. The normalized spacial score (nSPS) is 14.7. The van der Waals surface area contributed by atoms with Crippen molar-refractivity contribution >= 4 is 39.5 Å². The van der Waals surface area contributed by atoms with Crippen LogP contribution in [0.15, 0.2) is 158 Å². The van der Waals surface area contributed by atoms with Crippen molar-refractivity contribution in [3.63, 3.8) is 0 Å². The van der Waals surface area contributed by atoms with Gasteiger partial charge in [0.15, 0.2) is 12.2 Å². The zero-order valence-corrected chi connectivity index (χ0v) is 66.4. The van der Waals surface area contributed by atoms with E-state index in [1.807, 2.05) is 18.2 Å². The molecule has 0 radical (unpaired) electrons. The van der Waals surface area contributed by atoms with E-state index in [2.05, 4.69) is 167 Å². The Labute approximate surface area is 629 Å². The van der Waals surface area contributed by atoms with Crippen LogP contribution in [0.3, 0.4) is 0 Å². The maximum Gasteiger partial charge on any atom is 0.472 e. The second-order valence-corrected chi connectivity index (χ2v) is 28.8. The molecule has 0 aliphatic carbocycles. The van der Waals surface area contributed by atoms with E-state index in [1.54, 1.807) is 0 Å². The van der Waals surface area contributed by atoms with Crippen LogP contribution in [0.2, 0.25) is 0 Å². The van der Waals surface area contributed by atoms with Crippen LogP contribution in [0.4, 0.5) is 0 Å². The number of aliphatic hydroxyl groups is 1. The van der Waals surface area contributed by atoms with E-state index in [0.29, 0.717) is 32.1 Å². The van der Waals surface area contributed by atoms with Crippen LogP contribution in [0.1, 0.15) is 297 Å². The van der Waals surface area contributed by atoms with E-state index in [9.17, 15) is 43.2 Å². The Morgan fingerprint density at radius 3 is 0.875 bits per heavy atom. The monoisotopic (exact) mass is 1490 g/mol. The van der Waals surface area contributed by atoms with Crippen LogP contribution in [0, 0.1) is 0 Å². The summed E-state index contributed by atoms with van der Waals surface area (Å²) in [5.74, 6) is -2.33. The molecule has 0 fully saturated rings. The summed E-state index contributed by atoms with van der Waals surface area (Å²) in [5, 5.41) is 10.6. The van der Waals surface area contributed by atoms with Crippen LogP contribution in [0.25, 0.3) is 0 Å². The SMILES string of the molecule is CC/C=C\C/C=C\C/C=C\C/C=C\C/C=C\C/C=C\CCC(=O)OCC(COP(=O)(O)OCC(O)COP(=O)(O)OCC(COC(=O)CCCCC/C=C\C/C=C\C/C=C\C/C=C\C/C=C\CC)OC(=O)CCCCCCC/C=C\C/C=C\CCC)OC(=O)CCCCCCCCCCCCCCC. The predicted molar refractivity (Wildman–Crippen MR) is 427 cm³/mol. The molecule has 0 heterocycles. The fourth-order valence-electron chi connectivity index (χ4n) is 10.0. The van der Waals surface area contributed by atoms with Crippen LogP contribution < -0.4 is 0 Å². The minimum atomic E-state index is -5.00. The summed E-state index contributed by atoms with van der Waals surface area (Å²) in [6.45, 7) is 4.44. The first-order chi connectivity index (χ1) is 50.7. The van der Waals surface area contributed by atoms with Crippen LogP contribution in [-0.4, -0.2) is 96.7 Å². The third kappa shape index (κ3) is 74.9. The smallest absolute Gasteiger partial charge is 0.462 e. The molecule has 0 rings (SSSR count). The molecule has 5 unspecified atom stereocenters. The topological polar surface area (TPSA) is 237 Å². The Hall–Kier alpha value is -5.32. The first-order valence-electron chi connectivity index (χ1n) is 39.7. The molecule has 19 heteroatoms. The number of hydrogen-bond donors (Lipinski definition) is 3. The molecule has 104 heavy (non-hydrogen) atoms. The lowest BCUT2D eigenvalue weighted by atomic mass is 10.0. The van der Waals surface area contributed by atoms with E-state index in [1.165, 1.54) is 51.4 Å². The van der Waals surface area contributed by atoms with Gasteiger partial charge in [0, 0.05) is 25.7 Å². The molecule has 0 amide bonds. The Bertz CT molecular complexity index is 2590. The zero-order valence-electron chi connectivity index (χ0n) is 64.6. The maximum absolute atomic E-state index is 13.1. The molecule has 5 atom stereocenters. The van der Waals surface area contributed by atoms with Crippen molar-refractivity contribution in [3.8, 4) is 0 Å². The number of aliphatic hydroxyl groups excluding tert-OH is 1. The lowest BCUT2D eigenvalue weighted by molar-refractivity contribution is -0.161. The highest BCUT2D eigenvalue weighted by Gasteiger charge is 2.30. The number of unbranched alkanes of at least 4 members (excludes halogenated alkanes) is 21. The molecule has 0 aromatic rings. The molecule has 0 aliphatic heterocycles. The third-order valence-corrected chi connectivity index (χ3v) is 17.9. The first-order valence-corrected chi connectivity index (χ1v) is 42.7.